The van der Waals surface area contributed by atoms with Gasteiger partial charge < -0.3 is 19.9 Å². The van der Waals surface area contributed by atoms with E-state index in [1.54, 1.807) is 12.1 Å². The highest BCUT2D eigenvalue weighted by atomic mass is 16.6. The molecule has 2 fully saturated rings. The lowest BCUT2D eigenvalue weighted by Crippen LogP contribution is -2.61. The second-order valence-corrected chi connectivity index (χ2v) is 9.10. The first-order chi connectivity index (χ1) is 16.5. The Morgan fingerprint density at radius 1 is 1.24 bits per heavy atom. The van der Waals surface area contributed by atoms with Crippen LogP contribution in [-0.2, 0) is 16.0 Å². The molecule has 0 spiro atoms. The maximum Gasteiger partial charge on any atom is 0.269 e. The molecule has 0 aromatic heterocycles. The Labute approximate surface area is 198 Å². The minimum Gasteiger partial charge on any atom is -0.376 e. The van der Waals surface area contributed by atoms with Crippen LogP contribution in [-0.4, -0.2) is 55.8 Å². The molecule has 9 heteroatoms. The van der Waals surface area contributed by atoms with Crippen molar-refractivity contribution in [2.75, 3.05) is 42.6 Å². The van der Waals surface area contributed by atoms with Crippen molar-refractivity contribution in [3.63, 3.8) is 0 Å². The quantitative estimate of drug-likeness (QED) is 0.538. The number of nitrogens with zero attached hydrogens (tertiary/aromatic N) is 4. The number of amides is 1. The van der Waals surface area contributed by atoms with E-state index in [9.17, 15) is 20.2 Å². The van der Waals surface area contributed by atoms with Crippen LogP contribution in [0.5, 0.6) is 0 Å². The molecule has 0 radical (unpaired) electrons. The number of rotatable bonds is 5. The first-order valence-corrected chi connectivity index (χ1v) is 11.7. The fourth-order valence-corrected chi connectivity index (χ4v) is 5.44. The monoisotopic (exact) mass is 461 g/mol. The van der Waals surface area contributed by atoms with Crippen LogP contribution in [0.1, 0.15) is 24.0 Å². The molecule has 3 heterocycles. The van der Waals surface area contributed by atoms with Gasteiger partial charge in [0.1, 0.15) is 6.07 Å². The average Bonchev–Trinajstić information content (AvgIpc) is 3.39. The number of non-ortho nitro benzene ring substituents is 1. The summed E-state index contributed by atoms with van der Waals surface area (Å²) in [4.78, 5) is 28.8. The second-order valence-electron chi connectivity index (χ2n) is 9.10. The molecule has 3 atom stereocenters. The third-order valence-corrected chi connectivity index (χ3v) is 7.14. The molecule has 0 aliphatic carbocycles. The number of anilines is 2. The van der Waals surface area contributed by atoms with Crippen LogP contribution in [0.15, 0.2) is 42.5 Å². The third-order valence-electron chi connectivity index (χ3n) is 7.14. The number of nitro benzene ring substituents is 1. The SMILES string of the molecule is N#Cc1ccccc1N1CCN2c3ccc([N+](=O)[O-])cc3C[C@H](C(=O)NC[C@@H]3CCCO3)[C@@H]2C1. The van der Waals surface area contributed by atoms with Crippen LogP contribution in [0, 0.1) is 27.4 Å². The number of nitrogens with one attached hydrogen (secondary N) is 1. The lowest BCUT2D eigenvalue weighted by Gasteiger charge is -2.49. The van der Waals surface area contributed by atoms with Crippen LogP contribution in [0.4, 0.5) is 17.1 Å². The van der Waals surface area contributed by atoms with Crippen LogP contribution < -0.4 is 15.1 Å². The molecule has 2 aromatic rings. The molecule has 2 saturated heterocycles. The van der Waals surface area contributed by atoms with E-state index >= 15 is 0 Å². The van der Waals surface area contributed by atoms with Crippen LogP contribution in [0.2, 0.25) is 0 Å². The van der Waals surface area contributed by atoms with Crippen molar-refractivity contribution in [2.24, 2.45) is 5.92 Å². The summed E-state index contributed by atoms with van der Waals surface area (Å²) in [6, 6.07) is 14.6. The van der Waals surface area contributed by atoms with E-state index < -0.39 is 4.92 Å². The number of carbonyl (C=O) groups excluding carboxylic acids is 1. The normalized spacial score (nSPS) is 23.6. The summed E-state index contributed by atoms with van der Waals surface area (Å²) in [5, 5.41) is 24.0. The number of carbonyl (C=O) groups is 1. The molecule has 176 valence electrons. The molecule has 0 unspecified atom stereocenters. The Balaban J connectivity index is 1.44. The van der Waals surface area contributed by atoms with Gasteiger partial charge in [0.05, 0.1) is 34.2 Å². The number of benzene rings is 2. The van der Waals surface area contributed by atoms with Gasteiger partial charge >= 0.3 is 0 Å². The van der Waals surface area contributed by atoms with E-state index in [0.717, 1.165) is 36.4 Å². The lowest BCUT2D eigenvalue weighted by atomic mass is 9.83. The summed E-state index contributed by atoms with van der Waals surface area (Å²) in [7, 11) is 0. The zero-order valence-corrected chi connectivity index (χ0v) is 18.9. The van der Waals surface area contributed by atoms with Gasteiger partial charge in [0, 0.05) is 50.6 Å². The minimum atomic E-state index is -0.393. The van der Waals surface area contributed by atoms with E-state index in [2.05, 4.69) is 21.2 Å². The Kier molecular flexibility index (Phi) is 6.07. The molecule has 0 bridgehead atoms. The van der Waals surface area contributed by atoms with E-state index in [0.29, 0.717) is 38.2 Å². The number of fused-ring (bicyclic) bond motifs is 3. The molecular formula is C25H27N5O4. The largest absolute Gasteiger partial charge is 0.376 e. The molecule has 3 aliphatic rings. The lowest BCUT2D eigenvalue weighted by molar-refractivity contribution is -0.384. The topological polar surface area (TPSA) is 112 Å². The predicted octanol–water partition coefficient (Wildman–Crippen LogP) is 2.63. The van der Waals surface area contributed by atoms with Gasteiger partial charge in [-0.3, -0.25) is 14.9 Å². The van der Waals surface area contributed by atoms with Crippen molar-refractivity contribution >= 4 is 23.0 Å². The molecule has 5 rings (SSSR count). The zero-order chi connectivity index (χ0) is 23.7. The van der Waals surface area contributed by atoms with Gasteiger partial charge in [0.25, 0.3) is 5.69 Å². The first kappa shape index (κ1) is 22.2. The standard InChI is InChI=1S/C25H27N5O4/c26-14-17-4-1-2-6-22(17)28-9-10-29-23-8-7-19(30(32)33)12-18(23)13-21(24(29)16-28)25(31)27-15-20-5-3-11-34-20/h1-2,4,6-8,12,20-21,24H,3,5,9-11,13,15-16H2,(H,27,31)/t20-,21-,24-/m0/s1. The van der Waals surface area contributed by atoms with E-state index in [1.807, 2.05) is 24.3 Å². The summed E-state index contributed by atoms with van der Waals surface area (Å²) in [6.07, 6.45) is 2.42. The van der Waals surface area contributed by atoms with Gasteiger partial charge in [-0.25, -0.2) is 0 Å². The number of ether oxygens (including phenoxy) is 1. The highest BCUT2D eigenvalue weighted by molar-refractivity contribution is 5.82. The van der Waals surface area contributed by atoms with Crippen molar-refractivity contribution in [2.45, 2.75) is 31.4 Å². The van der Waals surface area contributed by atoms with Crippen molar-refractivity contribution in [3.8, 4) is 6.07 Å². The number of piperazine rings is 1. The van der Waals surface area contributed by atoms with E-state index in [4.69, 9.17) is 4.74 Å². The second kappa shape index (κ2) is 9.31. The van der Waals surface area contributed by atoms with E-state index in [-0.39, 0.29) is 29.7 Å². The Morgan fingerprint density at radius 3 is 2.85 bits per heavy atom. The van der Waals surface area contributed by atoms with Gasteiger partial charge in [-0.2, -0.15) is 5.26 Å². The summed E-state index contributed by atoms with van der Waals surface area (Å²) in [5.41, 5.74) is 3.30. The molecule has 9 nitrogen and oxygen atoms in total. The molecule has 1 N–H and O–H groups in total. The molecule has 0 saturated carbocycles. The Morgan fingerprint density at radius 2 is 2.09 bits per heavy atom. The highest BCUT2D eigenvalue weighted by Crippen LogP contribution is 2.39. The Bertz CT molecular complexity index is 1140. The third kappa shape index (κ3) is 4.17. The maximum absolute atomic E-state index is 13.4. The van der Waals surface area contributed by atoms with Gasteiger partial charge in [0.15, 0.2) is 0 Å². The van der Waals surface area contributed by atoms with Crippen molar-refractivity contribution < 1.29 is 14.5 Å². The molecule has 3 aliphatic heterocycles. The Hall–Kier alpha value is -3.64. The van der Waals surface area contributed by atoms with Crippen LogP contribution in [0.3, 0.4) is 0 Å². The summed E-state index contributed by atoms with van der Waals surface area (Å²) in [5.74, 6) is -0.425. The number of hydrogen-bond donors (Lipinski definition) is 1. The van der Waals surface area contributed by atoms with Crippen LogP contribution in [0.25, 0.3) is 0 Å². The fourth-order valence-electron chi connectivity index (χ4n) is 5.44. The van der Waals surface area contributed by atoms with Crippen LogP contribution >= 0.6 is 0 Å². The maximum atomic E-state index is 13.4. The summed E-state index contributed by atoms with van der Waals surface area (Å²) >= 11 is 0. The van der Waals surface area contributed by atoms with Crippen molar-refractivity contribution in [1.29, 1.82) is 5.26 Å². The van der Waals surface area contributed by atoms with E-state index in [1.165, 1.54) is 6.07 Å². The number of nitriles is 1. The highest BCUT2D eigenvalue weighted by Gasteiger charge is 2.42. The molecule has 34 heavy (non-hydrogen) atoms. The van der Waals surface area contributed by atoms with Gasteiger partial charge in [0.2, 0.25) is 5.91 Å². The number of hydrogen-bond acceptors (Lipinski definition) is 7. The number of nitro groups is 1. The summed E-state index contributed by atoms with van der Waals surface area (Å²) in [6.45, 7) is 3.14. The molecule has 1 amide bonds. The van der Waals surface area contributed by atoms with Crippen molar-refractivity contribution in [1.82, 2.24) is 5.32 Å². The summed E-state index contributed by atoms with van der Waals surface area (Å²) < 4.78 is 5.66. The minimum absolute atomic E-state index is 0.0392. The van der Waals surface area contributed by atoms with Gasteiger partial charge in [-0.05, 0) is 43.0 Å². The van der Waals surface area contributed by atoms with Crippen molar-refractivity contribution in [3.05, 3.63) is 63.7 Å². The van der Waals surface area contributed by atoms with Gasteiger partial charge in [-0.15, -0.1) is 0 Å². The first-order valence-electron chi connectivity index (χ1n) is 11.7. The smallest absolute Gasteiger partial charge is 0.269 e. The molecular weight excluding hydrogens is 434 g/mol. The molecule has 2 aromatic carbocycles. The number of para-hydroxylation sites is 1. The van der Waals surface area contributed by atoms with Gasteiger partial charge in [-0.1, -0.05) is 12.1 Å². The average molecular weight is 462 g/mol. The predicted molar refractivity (Wildman–Crippen MR) is 127 cm³/mol. The fraction of sp³-hybridized carbons (Fsp3) is 0.440. The zero-order valence-electron chi connectivity index (χ0n) is 18.9.